The molecule has 2 aromatic rings. The molecule has 0 spiro atoms. The number of nitrogens with zero attached hydrogens (tertiary/aromatic N) is 1. The molecule has 1 N–H and O–H groups in total. The van der Waals surface area contributed by atoms with Crippen molar-refractivity contribution in [2.24, 2.45) is 11.8 Å². The number of hydrogen-bond donors (Lipinski definition) is 1. The molecule has 3 rings (SSSR count). The molecule has 1 aliphatic heterocycles. The second-order valence-electron chi connectivity index (χ2n) is 7.77. The zero-order valence-electron chi connectivity index (χ0n) is 15.7. The van der Waals surface area contributed by atoms with Gasteiger partial charge in [0.1, 0.15) is 0 Å². The summed E-state index contributed by atoms with van der Waals surface area (Å²) >= 11 is 0. The van der Waals surface area contributed by atoms with Crippen molar-refractivity contribution in [1.29, 1.82) is 0 Å². The number of hydrogen-bond acceptors (Lipinski definition) is 2. The quantitative estimate of drug-likeness (QED) is 0.877. The van der Waals surface area contributed by atoms with E-state index in [0.29, 0.717) is 5.92 Å². The van der Waals surface area contributed by atoms with E-state index >= 15 is 0 Å². The predicted octanol–water partition coefficient (Wildman–Crippen LogP) is 4.39. The first-order chi connectivity index (χ1) is 12.0. The van der Waals surface area contributed by atoms with E-state index in [-0.39, 0.29) is 17.9 Å². The van der Waals surface area contributed by atoms with Crippen LogP contribution in [0.5, 0.6) is 0 Å². The molecule has 0 radical (unpaired) electrons. The maximum absolute atomic E-state index is 12.7. The molecule has 1 heterocycles. The Kier molecular flexibility index (Phi) is 5.74. The zero-order valence-corrected chi connectivity index (χ0v) is 15.7. The summed E-state index contributed by atoms with van der Waals surface area (Å²) in [5, 5.41) is 5.71. The Balaban J connectivity index is 1.61. The van der Waals surface area contributed by atoms with Crippen molar-refractivity contribution in [3.63, 3.8) is 0 Å². The third-order valence-electron chi connectivity index (χ3n) is 5.23. The Bertz CT molecular complexity index is 712. The fourth-order valence-corrected chi connectivity index (χ4v) is 3.93. The lowest BCUT2D eigenvalue weighted by Crippen LogP contribution is -2.42. The van der Waals surface area contributed by atoms with Crippen molar-refractivity contribution in [2.75, 3.05) is 19.6 Å². The first-order valence-electron chi connectivity index (χ1n) is 9.55. The number of carbonyl (C=O) groups excluding carboxylic acids is 1. The second-order valence-corrected chi connectivity index (χ2v) is 7.77. The van der Waals surface area contributed by atoms with Crippen molar-refractivity contribution in [3.8, 4) is 0 Å². The number of benzene rings is 2. The van der Waals surface area contributed by atoms with E-state index in [1.165, 1.54) is 16.3 Å². The fraction of sp³-hybridized carbons (Fsp3) is 0.500. The van der Waals surface area contributed by atoms with E-state index in [4.69, 9.17) is 0 Å². The van der Waals surface area contributed by atoms with Gasteiger partial charge in [-0.2, -0.15) is 0 Å². The Hall–Kier alpha value is -1.87. The molecule has 0 aromatic heterocycles. The lowest BCUT2D eigenvalue weighted by Gasteiger charge is -2.32. The van der Waals surface area contributed by atoms with Crippen LogP contribution in [0.15, 0.2) is 42.5 Å². The molecule has 1 amide bonds. The van der Waals surface area contributed by atoms with Gasteiger partial charge < -0.3 is 10.2 Å². The highest BCUT2D eigenvalue weighted by Crippen LogP contribution is 2.25. The normalized spacial score (nSPS) is 17.8. The van der Waals surface area contributed by atoms with Gasteiger partial charge in [-0.05, 0) is 55.1 Å². The Morgan fingerprint density at radius 3 is 2.48 bits per heavy atom. The van der Waals surface area contributed by atoms with Crippen LogP contribution in [-0.2, 0) is 4.79 Å². The van der Waals surface area contributed by atoms with E-state index in [0.717, 1.165) is 32.5 Å². The Labute approximate surface area is 151 Å². The topological polar surface area (TPSA) is 32.3 Å². The molecule has 1 atom stereocenters. The summed E-state index contributed by atoms with van der Waals surface area (Å²) in [6, 6.07) is 14.7. The molecule has 25 heavy (non-hydrogen) atoms. The monoisotopic (exact) mass is 338 g/mol. The van der Waals surface area contributed by atoms with Crippen LogP contribution < -0.4 is 5.32 Å². The second kappa shape index (κ2) is 8.01. The summed E-state index contributed by atoms with van der Waals surface area (Å²) in [4.78, 5) is 15.2. The summed E-state index contributed by atoms with van der Waals surface area (Å²) < 4.78 is 0. The Morgan fingerprint density at radius 1 is 1.08 bits per heavy atom. The maximum Gasteiger partial charge on any atom is 0.223 e. The summed E-state index contributed by atoms with van der Waals surface area (Å²) in [6.45, 7) is 9.82. The summed E-state index contributed by atoms with van der Waals surface area (Å²) in [5.41, 5.74) is 1.20. The lowest BCUT2D eigenvalue weighted by molar-refractivity contribution is -0.127. The molecule has 3 nitrogen and oxygen atoms in total. The summed E-state index contributed by atoms with van der Waals surface area (Å²) in [7, 11) is 0. The molecule has 0 aliphatic carbocycles. The standard InChI is InChI=1S/C22H30N2O/c1-16(2)15-24-13-11-19(12-14-24)22(25)23-17(3)20-10-6-8-18-7-4-5-9-21(18)20/h4-10,16-17,19H,11-15H2,1-3H3,(H,23,25). The molecule has 0 saturated carbocycles. The number of fused-ring (bicyclic) bond motifs is 1. The van der Waals surface area contributed by atoms with Gasteiger partial charge in [0.2, 0.25) is 5.91 Å². The third kappa shape index (κ3) is 4.40. The van der Waals surface area contributed by atoms with Crippen LogP contribution in [0.4, 0.5) is 0 Å². The van der Waals surface area contributed by atoms with E-state index in [2.05, 4.69) is 73.5 Å². The third-order valence-corrected chi connectivity index (χ3v) is 5.23. The van der Waals surface area contributed by atoms with Gasteiger partial charge in [0.05, 0.1) is 6.04 Å². The molecule has 1 unspecified atom stereocenters. The van der Waals surface area contributed by atoms with E-state index in [1.807, 2.05) is 0 Å². The van der Waals surface area contributed by atoms with E-state index < -0.39 is 0 Å². The van der Waals surface area contributed by atoms with Gasteiger partial charge in [-0.15, -0.1) is 0 Å². The number of likely N-dealkylation sites (tertiary alicyclic amines) is 1. The van der Waals surface area contributed by atoms with Crippen LogP contribution in [0.3, 0.4) is 0 Å². The van der Waals surface area contributed by atoms with Gasteiger partial charge >= 0.3 is 0 Å². The first-order valence-corrected chi connectivity index (χ1v) is 9.55. The molecular weight excluding hydrogens is 308 g/mol. The number of nitrogens with one attached hydrogen (secondary N) is 1. The average Bonchev–Trinajstić information content (AvgIpc) is 2.61. The van der Waals surface area contributed by atoms with Crippen LogP contribution in [-0.4, -0.2) is 30.4 Å². The van der Waals surface area contributed by atoms with Crippen LogP contribution in [0, 0.1) is 11.8 Å². The molecule has 1 fully saturated rings. The molecular formula is C22H30N2O. The molecule has 1 aliphatic rings. The van der Waals surface area contributed by atoms with Gasteiger partial charge in [-0.3, -0.25) is 4.79 Å². The smallest absolute Gasteiger partial charge is 0.223 e. The van der Waals surface area contributed by atoms with Crippen LogP contribution in [0.25, 0.3) is 10.8 Å². The maximum atomic E-state index is 12.7. The van der Waals surface area contributed by atoms with Gasteiger partial charge in [-0.1, -0.05) is 56.3 Å². The Morgan fingerprint density at radius 2 is 1.76 bits per heavy atom. The van der Waals surface area contributed by atoms with Crippen molar-refractivity contribution in [1.82, 2.24) is 10.2 Å². The van der Waals surface area contributed by atoms with Gasteiger partial charge in [-0.25, -0.2) is 0 Å². The predicted molar refractivity (Wildman–Crippen MR) is 105 cm³/mol. The zero-order chi connectivity index (χ0) is 17.8. The molecule has 2 aromatic carbocycles. The van der Waals surface area contributed by atoms with Crippen LogP contribution in [0.1, 0.15) is 45.2 Å². The molecule has 134 valence electrons. The van der Waals surface area contributed by atoms with E-state index in [1.54, 1.807) is 0 Å². The highest BCUT2D eigenvalue weighted by Gasteiger charge is 2.26. The van der Waals surface area contributed by atoms with Crippen molar-refractivity contribution < 1.29 is 4.79 Å². The fourth-order valence-electron chi connectivity index (χ4n) is 3.93. The minimum absolute atomic E-state index is 0.0345. The number of carbonyl (C=O) groups is 1. The number of rotatable bonds is 5. The minimum Gasteiger partial charge on any atom is -0.349 e. The van der Waals surface area contributed by atoms with Gasteiger partial charge in [0, 0.05) is 12.5 Å². The van der Waals surface area contributed by atoms with Crippen molar-refractivity contribution in [2.45, 2.75) is 39.7 Å². The minimum atomic E-state index is 0.0345. The average molecular weight is 338 g/mol. The van der Waals surface area contributed by atoms with Crippen molar-refractivity contribution >= 4 is 16.7 Å². The lowest BCUT2D eigenvalue weighted by atomic mass is 9.94. The summed E-state index contributed by atoms with van der Waals surface area (Å²) in [5.74, 6) is 1.06. The van der Waals surface area contributed by atoms with Gasteiger partial charge in [0.25, 0.3) is 0 Å². The van der Waals surface area contributed by atoms with Crippen molar-refractivity contribution in [3.05, 3.63) is 48.0 Å². The number of piperidine rings is 1. The highest BCUT2D eigenvalue weighted by atomic mass is 16.1. The molecule has 0 bridgehead atoms. The van der Waals surface area contributed by atoms with E-state index in [9.17, 15) is 4.79 Å². The highest BCUT2D eigenvalue weighted by molar-refractivity contribution is 5.87. The number of amides is 1. The van der Waals surface area contributed by atoms with Crippen LogP contribution >= 0.6 is 0 Å². The van der Waals surface area contributed by atoms with Crippen LogP contribution in [0.2, 0.25) is 0 Å². The first kappa shape index (κ1) is 17.9. The largest absolute Gasteiger partial charge is 0.349 e. The molecule has 3 heteroatoms. The van der Waals surface area contributed by atoms with Gasteiger partial charge in [0.15, 0.2) is 0 Å². The molecule has 1 saturated heterocycles. The SMILES string of the molecule is CC(C)CN1CCC(C(=O)NC(C)c2cccc3ccccc23)CC1. The summed E-state index contributed by atoms with van der Waals surface area (Å²) in [6.07, 6.45) is 1.95.